The third-order valence-electron chi connectivity index (χ3n) is 4.46. The smallest absolute Gasteiger partial charge is 0.127 e. The highest BCUT2D eigenvalue weighted by atomic mass is 19.1. The first-order valence-electron chi connectivity index (χ1n) is 7.55. The molecule has 0 bridgehead atoms. The highest BCUT2D eigenvalue weighted by molar-refractivity contribution is 5.62. The molecule has 2 rings (SSSR count). The van der Waals surface area contributed by atoms with Gasteiger partial charge in [-0.05, 0) is 49.9 Å². The van der Waals surface area contributed by atoms with Crippen LogP contribution >= 0.6 is 0 Å². The molecule has 0 saturated heterocycles. The predicted octanol–water partition coefficient (Wildman–Crippen LogP) is 4.05. The second-order valence-corrected chi connectivity index (χ2v) is 6.17. The molecule has 0 heterocycles. The standard InChI is InChI=1S/C17H24FNO/c1-3-19(16-8-6-15(18)7-9-16)12-17(13-20)10-4-5-14(2)11-17/h6-9,13-14H,3-5,10-12H2,1-2H3. The molecule has 0 amide bonds. The van der Waals surface area contributed by atoms with Crippen molar-refractivity contribution in [3.63, 3.8) is 0 Å². The number of halogens is 1. The lowest BCUT2D eigenvalue weighted by molar-refractivity contribution is -0.118. The summed E-state index contributed by atoms with van der Waals surface area (Å²) in [6.07, 6.45) is 5.45. The Hall–Kier alpha value is -1.38. The fraction of sp³-hybridized carbons (Fsp3) is 0.588. The molecule has 0 N–H and O–H groups in total. The second kappa shape index (κ2) is 6.38. The minimum absolute atomic E-state index is 0.221. The number of carbonyl (C=O) groups excluding carboxylic acids is 1. The molecule has 1 aromatic rings. The van der Waals surface area contributed by atoms with E-state index < -0.39 is 0 Å². The fourth-order valence-corrected chi connectivity index (χ4v) is 3.41. The van der Waals surface area contributed by atoms with Crippen LogP contribution in [0.15, 0.2) is 24.3 Å². The Bertz CT molecular complexity index is 445. The van der Waals surface area contributed by atoms with Crippen molar-refractivity contribution >= 4 is 12.0 Å². The molecule has 0 radical (unpaired) electrons. The van der Waals surface area contributed by atoms with Crippen LogP contribution in [0, 0.1) is 17.2 Å². The SMILES string of the molecule is CCN(CC1(C=O)CCCC(C)C1)c1ccc(F)cc1. The maximum atomic E-state index is 13.0. The number of hydrogen-bond donors (Lipinski definition) is 0. The van der Waals surface area contributed by atoms with Crippen molar-refractivity contribution < 1.29 is 9.18 Å². The summed E-state index contributed by atoms with van der Waals surface area (Å²) < 4.78 is 13.0. The van der Waals surface area contributed by atoms with Crippen LogP contribution < -0.4 is 4.90 Å². The third kappa shape index (κ3) is 3.38. The molecule has 1 fully saturated rings. The number of hydrogen-bond acceptors (Lipinski definition) is 2. The summed E-state index contributed by atoms with van der Waals surface area (Å²) in [4.78, 5) is 13.9. The fourth-order valence-electron chi connectivity index (χ4n) is 3.41. The zero-order valence-corrected chi connectivity index (χ0v) is 12.4. The number of rotatable bonds is 5. The van der Waals surface area contributed by atoms with E-state index in [0.29, 0.717) is 5.92 Å². The van der Waals surface area contributed by atoms with Gasteiger partial charge in [0.05, 0.1) is 0 Å². The lowest BCUT2D eigenvalue weighted by Crippen LogP contribution is -2.42. The zero-order valence-electron chi connectivity index (χ0n) is 12.4. The average molecular weight is 277 g/mol. The first-order chi connectivity index (χ1) is 9.58. The molecule has 2 nitrogen and oxygen atoms in total. The summed E-state index contributed by atoms with van der Waals surface area (Å²) in [6.45, 7) is 5.87. The molecule has 1 saturated carbocycles. The van der Waals surface area contributed by atoms with E-state index in [-0.39, 0.29) is 11.2 Å². The zero-order chi connectivity index (χ0) is 14.6. The summed E-state index contributed by atoms with van der Waals surface area (Å²) in [7, 11) is 0. The number of carbonyl (C=O) groups is 1. The summed E-state index contributed by atoms with van der Waals surface area (Å²) in [6, 6.07) is 6.55. The van der Waals surface area contributed by atoms with Gasteiger partial charge in [-0.3, -0.25) is 0 Å². The van der Waals surface area contributed by atoms with Gasteiger partial charge in [-0.2, -0.15) is 0 Å². The van der Waals surface area contributed by atoms with Gasteiger partial charge in [-0.15, -0.1) is 0 Å². The van der Waals surface area contributed by atoms with E-state index in [1.165, 1.54) is 18.6 Å². The highest BCUT2D eigenvalue weighted by Crippen LogP contribution is 2.39. The van der Waals surface area contributed by atoms with Crippen molar-refractivity contribution in [1.29, 1.82) is 0 Å². The van der Waals surface area contributed by atoms with Gasteiger partial charge in [0.25, 0.3) is 0 Å². The Morgan fingerprint density at radius 3 is 2.65 bits per heavy atom. The van der Waals surface area contributed by atoms with Crippen molar-refractivity contribution in [2.75, 3.05) is 18.0 Å². The van der Waals surface area contributed by atoms with Gasteiger partial charge in [0, 0.05) is 24.2 Å². The van der Waals surface area contributed by atoms with E-state index >= 15 is 0 Å². The molecular formula is C17H24FNO. The maximum Gasteiger partial charge on any atom is 0.127 e. The van der Waals surface area contributed by atoms with Gasteiger partial charge < -0.3 is 9.69 Å². The van der Waals surface area contributed by atoms with Crippen LogP contribution in [-0.2, 0) is 4.79 Å². The summed E-state index contributed by atoms with van der Waals surface area (Å²) in [5, 5.41) is 0. The Kier molecular flexibility index (Phi) is 4.79. The van der Waals surface area contributed by atoms with E-state index in [1.54, 1.807) is 12.1 Å². The molecule has 2 unspecified atom stereocenters. The predicted molar refractivity (Wildman–Crippen MR) is 80.4 cm³/mol. The van der Waals surface area contributed by atoms with Crippen LogP contribution in [0.5, 0.6) is 0 Å². The van der Waals surface area contributed by atoms with E-state index in [4.69, 9.17) is 0 Å². The Morgan fingerprint density at radius 1 is 1.40 bits per heavy atom. The van der Waals surface area contributed by atoms with Crippen molar-refractivity contribution in [3.05, 3.63) is 30.1 Å². The van der Waals surface area contributed by atoms with Crippen molar-refractivity contribution in [2.24, 2.45) is 11.3 Å². The van der Waals surface area contributed by atoms with Gasteiger partial charge in [0.1, 0.15) is 12.1 Å². The molecule has 110 valence electrons. The Morgan fingerprint density at radius 2 is 2.10 bits per heavy atom. The lowest BCUT2D eigenvalue weighted by Gasteiger charge is -2.40. The number of nitrogens with zero attached hydrogens (tertiary/aromatic N) is 1. The van der Waals surface area contributed by atoms with Crippen LogP contribution in [0.1, 0.15) is 39.5 Å². The minimum Gasteiger partial charge on any atom is -0.371 e. The van der Waals surface area contributed by atoms with Crippen LogP contribution in [0.3, 0.4) is 0 Å². The summed E-state index contributed by atoms with van der Waals surface area (Å²) in [5.74, 6) is 0.391. The number of anilines is 1. The number of aldehydes is 1. The van der Waals surface area contributed by atoms with E-state index in [0.717, 1.165) is 44.3 Å². The van der Waals surface area contributed by atoms with E-state index in [9.17, 15) is 9.18 Å². The quantitative estimate of drug-likeness (QED) is 0.757. The summed E-state index contributed by atoms with van der Waals surface area (Å²) >= 11 is 0. The Balaban J connectivity index is 2.15. The van der Waals surface area contributed by atoms with E-state index in [2.05, 4.69) is 18.7 Å². The van der Waals surface area contributed by atoms with Crippen LogP contribution in [0.25, 0.3) is 0 Å². The van der Waals surface area contributed by atoms with Crippen LogP contribution in [0.2, 0.25) is 0 Å². The van der Waals surface area contributed by atoms with Crippen molar-refractivity contribution in [2.45, 2.75) is 39.5 Å². The minimum atomic E-state index is -0.234. The molecule has 1 aliphatic carbocycles. The van der Waals surface area contributed by atoms with Crippen molar-refractivity contribution in [1.82, 2.24) is 0 Å². The van der Waals surface area contributed by atoms with Gasteiger partial charge in [0.15, 0.2) is 0 Å². The lowest BCUT2D eigenvalue weighted by atomic mass is 9.70. The normalized spacial score (nSPS) is 26.2. The van der Waals surface area contributed by atoms with Crippen LogP contribution in [-0.4, -0.2) is 19.4 Å². The molecular weight excluding hydrogens is 253 g/mol. The van der Waals surface area contributed by atoms with E-state index in [1.807, 2.05) is 0 Å². The molecule has 3 heteroatoms. The van der Waals surface area contributed by atoms with Gasteiger partial charge in [-0.1, -0.05) is 19.8 Å². The highest BCUT2D eigenvalue weighted by Gasteiger charge is 2.36. The molecule has 0 aliphatic heterocycles. The molecule has 1 aromatic carbocycles. The molecule has 1 aliphatic rings. The topological polar surface area (TPSA) is 20.3 Å². The molecule has 0 aromatic heterocycles. The average Bonchev–Trinajstić information content (AvgIpc) is 2.46. The molecule has 2 atom stereocenters. The summed E-state index contributed by atoms with van der Waals surface area (Å²) in [5.41, 5.74) is 0.760. The largest absolute Gasteiger partial charge is 0.371 e. The van der Waals surface area contributed by atoms with Gasteiger partial charge >= 0.3 is 0 Å². The third-order valence-corrected chi connectivity index (χ3v) is 4.46. The molecule has 20 heavy (non-hydrogen) atoms. The number of benzene rings is 1. The Labute approximate surface area is 121 Å². The first kappa shape index (κ1) is 15.0. The monoisotopic (exact) mass is 277 g/mol. The maximum absolute atomic E-state index is 13.0. The van der Waals surface area contributed by atoms with Crippen molar-refractivity contribution in [3.8, 4) is 0 Å². The molecule has 0 spiro atoms. The first-order valence-corrected chi connectivity index (χ1v) is 7.55. The second-order valence-electron chi connectivity index (χ2n) is 6.17. The van der Waals surface area contributed by atoms with Gasteiger partial charge in [0.2, 0.25) is 0 Å². The van der Waals surface area contributed by atoms with Crippen LogP contribution in [0.4, 0.5) is 10.1 Å². The van der Waals surface area contributed by atoms with Gasteiger partial charge in [-0.25, -0.2) is 4.39 Å².